The Morgan fingerprint density at radius 2 is 1.95 bits per heavy atom. The Bertz CT molecular complexity index is 634. The summed E-state index contributed by atoms with van der Waals surface area (Å²) in [6.07, 6.45) is 2.86. The third-order valence-electron chi connectivity index (χ3n) is 2.35. The number of rotatable bonds is 4. The number of aromatic nitrogens is 2. The first-order valence-electron chi connectivity index (χ1n) is 5.72. The average Bonchev–Trinajstić information content (AvgIpc) is 2.98. The van der Waals surface area contributed by atoms with Crippen molar-refractivity contribution in [1.82, 2.24) is 20.8 Å². The molecule has 0 atom stereocenters. The Hall–Kier alpha value is -2.42. The molecule has 0 aromatic carbocycles. The van der Waals surface area contributed by atoms with Gasteiger partial charge in [0, 0.05) is 12.4 Å². The van der Waals surface area contributed by atoms with Gasteiger partial charge >= 0.3 is 0 Å². The smallest absolute Gasteiger partial charge is 0.290 e. The summed E-state index contributed by atoms with van der Waals surface area (Å²) in [5.74, 6) is -3.98. The number of aromatic amines is 1. The van der Waals surface area contributed by atoms with Crippen molar-refractivity contribution in [2.45, 2.75) is 10.8 Å². The van der Waals surface area contributed by atoms with Gasteiger partial charge in [0.15, 0.2) is 0 Å². The van der Waals surface area contributed by atoms with E-state index < -0.39 is 17.6 Å². The zero-order chi connectivity index (χ0) is 15.2. The molecule has 0 aliphatic heterocycles. The summed E-state index contributed by atoms with van der Waals surface area (Å²) in [5, 5.41) is -0.112. The Labute approximate surface area is 122 Å². The molecular weight excluding hydrogens is 302 g/mol. The Morgan fingerprint density at radius 3 is 2.62 bits per heavy atom. The van der Waals surface area contributed by atoms with E-state index in [1.165, 1.54) is 24.4 Å². The number of alkyl halides is 2. The number of carbonyl (C=O) groups excluding carboxylic acids is 2. The number of pyridine rings is 1. The van der Waals surface area contributed by atoms with Gasteiger partial charge < -0.3 is 4.98 Å². The first kappa shape index (κ1) is 15.0. The molecular formula is C12H10F2N4O2S. The van der Waals surface area contributed by atoms with E-state index >= 15 is 0 Å². The van der Waals surface area contributed by atoms with E-state index in [0.717, 1.165) is 0 Å². The van der Waals surface area contributed by atoms with Crippen LogP contribution in [0.25, 0.3) is 0 Å². The fourth-order valence-electron chi connectivity index (χ4n) is 1.46. The van der Waals surface area contributed by atoms with Crippen LogP contribution in [0, 0.1) is 0 Å². The molecule has 2 amide bonds. The lowest BCUT2D eigenvalue weighted by molar-refractivity contribution is 0.0842. The second-order valence-corrected chi connectivity index (χ2v) is 4.71. The van der Waals surface area contributed by atoms with E-state index in [4.69, 9.17) is 0 Å². The first-order valence-corrected chi connectivity index (χ1v) is 6.60. The maximum absolute atomic E-state index is 12.4. The molecule has 21 heavy (non-hydrogen) atoms. The highest BCUT2D eigenvalue weighted by Gasteiger charge is 2.17. The molecule has 2 aromatic rings. The van der Waals surface area contributed by atoms with Crippen LogP contribution in [0.1, 0.15) is 20.8 Å². The predicted octanol–water partition coefficient (Wildman–Crippen LogP) is 1.80. The number of halogens is 2. The fourth-order valence-corrected chi connectivity index (χ4v) is 2.04. The topological polar surface area (TPSA) is 86.9 Å². The van der Waals surface area contributed by atoms with Crippen molar-refractivity contribution in [3.8, 4) is 0 Å². The third-order valence-corrected chi connectivity index (χ3v) is 3.08. The summed E-state index contributed by atoms with van der Waals surface area (Å²) in [6, 6.07) is 5.92. The molecule has 0 saturated carbocycles. The number of nitrogens with one attached hydrogen (secondary N) is 3. The van der Waals surface area contributed by atoms with Crippen LogP contribution >= 0.6 is 11.8 Å². The summed E-state index contributed by atoms with van der Waals surface area (Å²) < 4.78 is 24.8. The summed E-state index contributed by atoms with van der Waals surface area (Å²) in [6.45, 7) is 0. The standard InChI is InChI=1S/C12H10F2N4O2S/c13-12(14)21-11-7(3-1-6-16-11)9(19)17-18-10(20)8-4-2-5-15-8/h1-6,12,15H,(H,17,19)(H,18,20). The number of H-pyrrole nitrogens is 1. The number of hydrogen-bond acceptors (Lipinski definition) is 4. The van der Waals surface area contributed by atoms with Gasteiger partial charge in [-0.05, 0) is 36.0 Å². The fraction of sp³-hybridized carbons (Fsp3) is 0.0833. The van der Waals surface area contributed by atoms with Crippen molar-refractivity contribution < 1.29 is 18.4 Å². The number of thioether (sulfide) groups is 1. The van der Waals surface area contributed by atoms with Crippen LogP contribution in [0.2, 0.25) is 0 Å². The molecule has 0 aliphatic carbocycles. The Balaban J connectivity index is 2.02. The number of nitrogens with zero attached hydrogens (tertiary/aromatic N) is 1. The van der Waals surface area contributed by atoms with Crippen molar-refractivity contribution in [3.05, 3.63) is 47.9 Å². The molecule has 2 rings (SSSR count). The van der Waals surface area contributed by atoms with E-state index in [1.54, 1.807) is 12.3 Å². The molecule has 6 nitrogen and oxygen atoms in total. The Morgan fingerprint density at radius 1 is 1.19 bits per heavy atom. The molecule has 0 saturated heterocycles. The molecule has 0 spiro atoms. The SMILES string of the molecule is O=C(NNC(=O)c1cccnc1SC(F)F)c1ccc[nH]1. The largest absolute Gasteiger partial charge is 0.357 e. The average molecular weight is 312 g/mol. The summed E-state index contributed by atoms with van der Waals surface area (Å²) in [5.41, 5.74) is 4.52. The number of carbonyl (C=O) groups is 2. The van der Waals surface area contributed by atoms with Crippen LogP contribution in [-0.2, 0) is 0 Å². The molecule has 2 heterocycles. The quantitative estimate of drug-likeness (QED) is 0.593. The molecule has 110 valence electrons. The molecule has 3 N–H and O–H groups in total. The maximum atomic E-state index is 12.4. The predicted molar refractivity (Wildman–Crippen MR) is 71.8 cm³/mol. The Kier molecular flexibility index (Phi) is 4.88. The first-order chi connectivity index (χ1) is 10.1. The molecule has 0 aliphatic rings. The van der Waals surface area contributed by atoms with Crippen LogP contribution in [0.4, 0.5) is 8.78 Å². The monoisotopic (exact) mass is 312 g/mol. The van der Waals surface area contributed by atoms with Crippen LogP contribution in [0.3, 0.4) is 0 Å². The van der Waals surface area contributed by atoms with Gasteiger partial charge in [-0.15, -0.1) is 0 Å². The molecule has 2 aromatic heterocycles. The minimum Gasteiger partial charge on any atom is -0.357 e. The van der Waals surface area contributed by atoms with Gasteiger partial charge in [0.1, 0.15) is 10.7 Å². The minimum atomic E-state index is -2.69. The van der Waals surface area contributed by atoms with Gasteiger partial charge in [-0.25, -0.2) is 4.98 Å². The van der Waals surface area contributed by atoms with Gasteiger partial charge in [0.05, 0.1) is 5.56 Å². The van der Waals surface area contributed by atoms with Crippen molar-refractivity contribution in [2.75, 3.05) is 0 Å². The van der Waals surface area contributed by atoms with E-state index in [-0.39, 0.29) is 28.0 Å². The van der Waals surface area contributed by atoms with Gasteiger partial charge in [0.2, 0.25) is 0 Å². The van der Waals surface area contributed by atoms with Gasteiger partial charge in [-0.2, -0.15) is 8.78 Å². The summed E-state index contributed by atoms with van der Waals surface area (Å²) in [7, 11) is 0. The number of hydrogen-bond donors (Lipinski definition) is 3. The molecule has 0 radical (unpaired) electrons. The lowest BCUT2D eigenvalue weighted by Crippen LogP contribution is -2.42. The van der Waals surface area contributed by atoms with E-state index in [9.17, 15) is 18.4 Å². The van der Waals surface area contributed by atoms with Crippen LogP contribution in [-0.4, -0.2) is 27.5 Å². The van der Waals surface area contributed by atoms with Crippen LogP contribution in [0.5, 0.6) is 0 Å². The highest BCUT2D eigenvalue weighted by atomic mass is 32.2. The highest BCUT2D eigenvalue weighted by molar-refractivity contribution is 7.99. The minimum absolute atomic E-state index is 0.0467. The van der Waals surface area contributed by atoms with E-state index in [1.807, 2.05) is 0 Å². The molecule has 9 heteroatoms. The highest BCUT2D eigenvalue weighted by Crippen LogP contribution is 2.25. The zero-order valence-corrected chi connectivity index (χ0v) is 11.3. The molecule has 0 fully saturated rings. The van der Waals surface area contributed by atoms with Crippen LogP contribution < -0.4 is 10.9 Å². The van der Waals surface area contributed by atoms with Gasteiger partial charge in [-0.1, -0.05) is 0 Å². The second-order valence-electron chi connectivity index (χ2n) is 3.73. The molecule has 0 unspecified atom stereocenters. The second kappa shape index (κ2) is 6.84. The maximum Gasteiger partial charge on any atom is 0.290 e. The van der Waals surface area contributed by atoms with E-state index in [0.29, 0.717) is 0 Å². The number of hydrazine groups is 1. The van der Waals surface area contributed by atoms with Crippen molar-refractivity contribution in [3.63, 3.8) is 0 Å². The van der Waals surface area contributed by atoms with E-state index in [2.05, 4.69) is 20.8 Å². The molecule has 0 bridgehead atoms. The van der Waals surface area contributed by atoms with Crippen molar-refractivity contribution in [1.29, 1.82) is 0 Å². The van der Waals surface area contributed by atoms with Crippen molar-refractivity contribution >= 4 is 23.6 Å². The lowest BCUT2D eigenvalue weighted by Gasteiger charge is -2.09. The van der Waals surface area contributed by atoms with Crippen LogP contribution in [0.15, 0.2) is 41.7 Å². The summed E-state index contributed by atoms with van der Waals surface area (Å²) >= 11 is 0.161. The third kappa shape index (κ3) is 4.02. The summed E-state index contributed by atoms with van der Waals surface area (Å²) in [4.78, 5) is 29.9. The normalized spacial score (nSPS) is 10.4. The lowest BCUT2D eigenvalue weighted by atomic mass is 10.3. The van der Waals surface area contributed by atoms with Gasteiger partial charge in [0.25, 0.3) is 17.6 Å². The number of amides is 2. The van der Waals surface area contributed by atoms with Gasteiger partial charge in [-0.3, -0.25) is 20.4 Å². The zero-order valence-electron chi connectivity index (χ0n) is 10.5. The van der Waals surface area contributed by atoms with Crippen molar-refractivity contribution in [2.24, 2.45) is 0 Å².